The molecule has 29 heavy (non-hydrogen) atoms. The van der Waals surface area contributed by atoms with Crippen molar-refractivity contribution in [3.63, 3.8) is 0 Å². The van der Waals surface area contributed by atoms with Crippen molar-refractivity contribution in [3.05, 3.63) is 99.5 Å². The molecule has 0 unspecified atom stereocenters. The summed E-state index contributed by atoms with van der Waals surface area (Å²) in [4.78, 5) is 0. The van der Waals surface area contributed by atoms with E-state index in [-0.39, 0.29) is 13.2 Å². The van der Waals surface area contributed by atoms with Crippen LogP contribution < -0.4 is 4.74 Å². The van der Waals surface area contributed by atoms with Crippen molar-refractivity contribution < 1.29 is 9.84 Å². The molecule has 0 saturated carbocycles. The molecule has 0 aromatic heterocycles. The van der Waals surface area contributed by atoms with Gasteiger partial charge in [-0.3, -0.25) is 0 Å². The average molecular weight is 448 g/mol. The van der Waals surface area contributed by atoms with Gasteiger partial charge < -0.3 is 9.84 Å². The Morgan fingerprint density at radius 1 is 0.724 bits per heavy atom. The SMILES string of the molecule is OCCOc1ccc(C(=C(CCCl)c2ccc(Cl)cc2)c2ccc(Cl)cc2)cc1. The molecule has 150 valence electrons. The fourth-order valence-corrected chi connectivity index (χ4v) is 3.61. The lowest BCUT2D eigenvalue weighted by Crippen LogP contribution is -2.01. The van der Waals surface area contributed by atoms with Crippen molar-refractivity contribution in [2.24, 2.45) is 0 Å². The van der Waals surface area contributed by atoms with Gasteiger partial charge in [0.25, 0.3) is 0 Å². The Bertz CT molecular complexity index is 947. The maximum atomic E-state index is 8.95. The van der Waals surface area contributed by atoms with E-state index < -0.39 is 0 Å². The van der Waals surface area contributed by atoms with E-state index in [2.05, 4.69) is 0 Å². The first-order chi connectivity index (χ1) is 14.1. The van der Waals surface area contributed by atoms with Crippen molar-refractivity contribution in [1.29, 1.82) is 0 Å². The molecular weight excluding hydrogens is 427 g/mol. The molecule has 0 amide bonds. The van der Waals surface area contributed by atoms with E-state index in [9.17, 15) is 0 Å². The van der Waals surface area contributed by atoms with Gasteiger partial charge in [0.1, 0.15) is 12.4 Å². The van der Waals surface area contributed by atoms with Crippen LogP contribution in [0, 0.1) is 0 Å². The number of aliphatic hydroxyl groups is 1. The third-order valence-electron chi connectivity index (χ3n) is 4.47. The highest BCUT2D eigenvalue weighted by molar-refractivity contribution is 6.31. The van der Waals surface area contributed by atoms with Gasteiger partial charge in [0, 0.05) is 15.9 Å². The lowest BCUT2D eigenvalue weighted by molar-refractivity contribution is 0.201. The summed E-state index contributed by atoms with van der Waals surface area (Å²) in [5, 5.41) is 10.3. The van der Waals surface area contributed by atoms with Crippen LogP contribution in [0.2, 0.25) is 10.0 Å². The van der Waals surface area contributed by atoms with Gasteiger partial charge in [0.2, 0.25) is 0 Å². The van der Waals surface area contributed by atoms with Crippen LogP contribution in [0.1, 0.15) is 23.1 Å². The zero-order valence-corrected chi connectivity index (χ0v) is 18.0. The van der Waals surface area contributed by atoms with Gasteiger partial charge in [0.05, 0.1) is 6.61 Å². The molecule has 0 aliphatic carbocycles. The molecule has 0 bridgehead atoms. The Kier molecular flexibility index (Phi) is 8.02. The highest BCUT2D eigenvalue weighted by Crippen LogP contribution is 2.36. The molecule has 3 rings (SSSR count). The smallest absolute Gasteiger partial charge is 0.119 e. The molecule has 0 radical (unpaired) electrons. The quantitative estimate of drug-likeness (QED) is 0.299. The van der Waals surface area contributed by atoms with Crippen LogP contribution in [0.4, 0.5) is 0 Å². The summed E-state index contributed by atoms with van der Waals surface area (Å²) in [5.41, 5.74) is 5.37. The van der Waals surface area contributed by atoms with Gasteiger partial charge in [-0.15, -0.1) is 11.6 Å². The summed E-state index contributed by atoms with van der Waals surface area (Å²) in [5.74, 6) is 1.20. The molecule has 0 saturated heterocycles. The largest absolute Gasteiger partial charge is 0.491 e. The number of halogens is 3. The minimum atomic E-state index is -0.0197. The Morgan fingerprint density at radius 2 is 1.21 bits per heavy atom. The van der Waals surface area contributed by atoms with Crippen LogP contribution >= 0.6 is 34.8 Å². The number of ether oxygens (including phenoxy) is 1. The number of alkyl halides is 1. The fraction of sp³-hybridized carbons (Fsp3) is 0.167. The third kappa shape index (κ3) is 5.77. The number of aliphatic hydroxyl groups excluding tert-OH is 1. The zero-order valence-electron chi connectivity index (χ0n) is 15.7. The van der Waals surface area contributed by atoms with Crippen LogP contribution in [0.3, 0.4) is 0 Å². The monoisotopic (exact) mass is 446 g/mol. The van der Waals surface area contributed by atoms with E-state index in [1.807, 2.05) is 72.8 Å². The van der Waals surface area contributed by atoms with Crippen molar-refractivity contribution in [1.82, 2.24) is 0 Å². The Hall–Kier alpha value is -1.97. The summed E-state index contributed by atoms with van der Waals surface area (Å²) in [7, 11) is 0. The number of hydrogen-bond donors (Lipinski definition) is 1. The molecule has 3 aromatic rings. The van der Waals surface area contributed by atoms with Crippen molar-refractivity contribution in [3.8, 4) is 5.75 Å². The van der Waals surface area contributed by atoms with Gasteiger partial charge in [0.15, 0.2) is 0 Å². The maximum absolute atomic E-state index is 8.95. The van der Waals surface area contributed by atoms with E-state index in [4.69, 9.17) is 44.6 Å². The van der Waals surface area contributed by atoms with Crippen LogP contribution in [-0.2, 0) is 0 Å². The first-order valence-electron chi connectivity index (χ1n) is 9.27. The predicted octanol–water partition coefficient (Wildman–Crippen LogP) is 6.95. The van der Waals surface area contributed by atoms with E-state index in [0.29, 0.717) is 28.1 Å². The van der Waals surface area contributed by atoms with Crippen LogP contribution in [-0.4, -0.2) is 24.2 Å². The van der Waals surface area contributed by atoms with Gasteiger partial charge in [-0.25, -0.2) is 0 Å². The zero-order chi connectivity index (χ0) is 20.6. The minimum absolute atomic E-state index is 0.0197. The van der Waals surface area contributed by atoms with Crippen LogP contribution in [0.5, 0.6) is 5.75 Å². The topological polar surface area (TPSA) is 29.5 Å². The number of benzene rings is 3. The number of rotatable bonds is 8. The molecule has 3 aromatic carbocycles. The van der Waals surface area contributed by atoms with E-state index in [0.717, 1.165) is 27.8 Å². The first kappa shape index (κ1) is 21.7. The summed E-state index contributed by atoms with van der Waals surface area (Å²) in [6.45, 7) is 0.246. The molecule has 5 heteroatoms. The molecule has 0 heterocycles. The molecule has 0 aliphatic heterocycles. The maximum Gasteiger partial charge on any atom is 0.119 e. The highest BCUT2D eigenvalue weighted by atomic mass is 35.5. The molecule has 0 fully saturated rings. The normalized spacial score (nSPS) is 11.9. The Labute approximate surface area is 186 Å². The van der Waals surface area contributed by atoms with Gasteiger partial charge in [-0.05, 0) is 70.7 Å². The molecular formula is C24H21Cl3O2. The van der Waals surface area contributed by atoms with Gasteiger partial charge in [-0.1, -0.05) is 59.6 Å². The molecule has 1 N–H and O–H groups in total. The van der Waals surface area contributed by atoms with E-state index >= 15 is 0 Å². The minimum Gasteiger partial charge on any atom is -0.491 e. The van der Waals surface area contributed by atoms with E-state index in [1.165, 1.54) is 0 Å². The molecule has 0 atom stereocenters. The second-order valence-electron chi connectivity index (χ2n) is 6.40. The van der Waals surface area contributed by atoms with Gasteiger partial charge >= 0.3 is 0 Å². The van der Waals surface area contributed by atoms with Crippen molar-refractivity contribution >= 4 is 45.9 Å². The summed E-state index contributed by atoms with van der Waals surface area (Å²) < 4.78 is 5.50. The number of allylic oxidation sites excluding steroid dienone is 1. The molecule has 2 nitrogen and oxygen atoms in total. The van der Waals surface area contributed by atoms with Crippen molar-refractivity contribution in [2.75, 3.05) is 19.1 Å². The summed E-state index contributed by atoms with van der Waals surface area (Å²) in [6, 6.07) is 23.4. The molecule has 0 spiro atoms. The molecule has 0 aliphatic rings. The average Bonchev–Trinajstić information content (AvgIpc) is 2.74. The van der Waals surface area contributed by atoms with Crippen molar-refractivity contribution in [2.45, 2.75) is 6.42 Å². The first-order valence-corrected chi connectivity index (χ1v) is 10.6. The summed E-state index contributed by atoms with van der Waals surface area (Å²) >= 11 is 18.4. The van der Waals surface area contributed by atoms with Crippen LogP contribution in [0.25, 0.3) is 11.1 Å². The lowest BCUT2D eigenvalue weighted by atomic mass is 9.88. The number of hydrogen-bond acceptors (Lipinski definition) is 2. The second-order valence-corrected chi connectivity index (χ2v) is 7.65. The Balaban J connectivity index is 2.16. The lowest BCUT2D eigenvalue weighted by Gasteiger charge is -2.17. The van der Waals surface area contributed by atoms with E-state index in [1.54, 1.807) is 0 Å². The second kappa shape index (κ2) is 10.7. The fourth-order valence-electron chi connectivity index (χ4n) is 3.17. The predicted molar refractivity (Wildman–Crippen MR) is 123 cm³/mol. The highest BCUT2D eigenvalue weighted by Gasteiger charge is 2.14. The third-order valence-corrected chi connectivity index (χ3v) is 5.17. The Morgan fingerprint density at radius 3 is 1.69 bits per heavy atom. The van der Waals surface area contributed by atoms with Gasteiger partial charge in [-0.2, -0.15) is 0 Å². The standard InChI is InChI=1S/C24H21Cl3O2/c25-14-13-23(17-1-7-20(26)8-2-17)24(18-3-9-21(27)10-4-18)19-5-11-22(12-6-19)29-16-15-28/h1-12,28H,13-16H2. The van der Waals surface area contributed by atoms with Crippen LogP contribution in [0.15, 0.2) is 72.8 Å². The summed E-state index contributed by atoms with van der Waals surface area (Å²) in [6.07, 6.45) is 0.698.